The molecule has 3 N–H and O–H groups in total. The van der Waals surface area contributed by atoms with Crippen molar-refractivity contribution in [2.45, 2.75) is 27.2 Å². The van der Waals surface area contributed by atoms with Gasteiger partial charge in [-0.2, -0.15) is 0 Å². The van der Waals surface area contributed by atoms with Crippen molar-refractivity contribution >= 4 is 17.5 Å². The fourth-order valence-electron chi connectivity index (χ4n) is 2.39. The van der Waals surface area contributed by atoms with Gasteiger partial charge in [0.05, 0.1) is 0 Å². The molecule has 3 rings (SSSR count). The highest BCUT2D eigenvalue weighted by Crippen LogP contribution is 2.05. The number of hydrogen-bond acceptors (Lipinski definition) is 4. The predicted molar refractivity (Wildman–Crippen MR) is 101 cm³/mol. The number of aryl methyl sites for hydroxylation is 1. The number of aromatic carboxylic acids is 1. The maximum absolute atomic E-state index is 12.2. The molecule has 0 unspecified atom stereocenters. The van der Waals surface area contributed by atoms with Gasteiger partial charge in [-0.1, -0.05) is 43.7 Å². The number of fused-ring (bicyclic) bond motifs is 1. The van der Waals surface area contributed by atoms with Gasteiger partial charge < -0.3 is 10.4 Å². The smallest absolute Gasteiger partial charge is 0.343 e. The van der Waals surface area contributed by atoms with Crippen molar-refractivity contribution in [1.82, 2.24) is 19.9 Å². The molecule has 0 aliphatic rings. The number of amides is 1. The number of aromatic amines is 1. The quantitative estimate of drug-likeness (QED) is 0.635. The van der Waals surface area contributed by atoms with E-state index in [0.717, 1.165) is 16.3 Å². The number of nitrogens with zero attached hydrogens (tertiary/aromatic N) is 2. The van der Waals surface area contributed by atoms with E-state index in [-0.39, 0.29) is 11.3 Å². The molecule has 8 nitrogen and oxygen atoms in total. The van der Waals surface area contributed by atoms with Crippen LogP contribution in [0.3, 0.4) is 0 Å². The van der Waals surface area contributed by atoms with Gasteiger partial charge in [-0.25, -0.2) is 14.3 Å². The lowest BCUT2D eigenvalue weighted by atomic mass is 10.1. The van der Waals surface area contributed by atoms with Crippen LogP contribution in [0.25, 0.3) is 5.65 Å². The Bertz CT molecular complexity index is 1000. The van der Waals surface area contributed by atoms with Crippen LogP contribution < -0.4 is 10.9 Å². The third kappa shape index (κ3) is 4.60. The molecular formula is C19H22N4O4. The first-order valence-corrected chi connectivity index (χ1v) is 8.63. The summed E-state index contributed by atoms with van der Waals surface area (Å²) >= 11 is 0. The molecule has 2 aromatic heterocycles. The molecule has 8 heteroatoms. The van der Waals surface area contributed by atoms with Crippen molar-refractivity contribution in [3.05, 3.63) is 69.3 Å². The topological polar surface area (TPSA) is 117 Å². The second-order valence-electron chi connectivity index (χ2n) is 5.64. The fraction of sp³-hybridized carbons (Fsp3) is 0.263. The van der Waals surface area contributed by atoms with Crippen molar-refractivity contribution in [3.8, 4) is 0 Å². The van der Waals surface area contributed by atoms with Crippen LogP contribution in [0.5, 0.6) is 0 Å². The molecule has 0 bridgehead atoms. The Balaban J connectivity index is 0.00000126. The maximum atomic E-state index is 12.2. The van der Waals surface area contributed by atoms with Crippen LogP contribution in [0.2, 0.25) is 0 Å². The highest BCUT2D eigenvalue weighted by Gasteiger charge is 2.15. The minimum Gasteiger partial charge on any atom is -0.477 e. The average Bonchev–Trinajstić information content (AvgIpc) is 3.10. The summed E-state index contributed by atoms with van der Waals surface area (Å²) in [5.41, 5.74) is 1.35. The number of carboxylic acids is 1. The van der Waals surface area contributed by atoms with Crippen molar-refractivity contribution < 1.29 is 14.7 Å². The molecule has 0 radical (unpaired) electrons. The van der Waals surface area contributed by atoms with E-state index in [9.17, 15) is 14.4 Å². The number of aromatic nitrogens is 3. The van der Waals surface area contributed by atoms with E-state index >= 15 is 0 Å². The van der Waals surface area contributed by atoms with Crippen LogP contribution >= 0.6 is 0 Å². The van der Waals surface area contributed by atoms with E-state index in [1.807, 2.05) is 45.0 Å². The summed E-state index contributed by atoms with van der Waals surface area (Å²) in [6.07, 6.45) is 1.65. The normalized spacial score (nSPS) is 10.2. The molecule has 0 saturated heterocycles. The Morgan fingerprint density at radius 1 is 1.22 bits per heavy atom. The molecule has 142 valence electrons. The first kappa shape index (κ1) is 19.9. The first-order valence-electron chi connectivity index (χ1n) is 8.63. The second kappa shape index (κ2) is 8.79. The fourth-order valence-corrected chi connectivity index (χ4v) is 2.39. The molecule has 0 saturated carbocycles. The van der Waals surface area contributed by atoms with Gasteiger partial charge in [-0.05, 0) is 18.9 Å². The third-order valence-electron chi connectivity index (χ3n) is 3.79. The van der Waals surface area contributed by atoms with Crippen LogP contribution in [0.4, 0.5) is 0 Å². The number of benzene rings is 1. The van der Waals surface area contributed by atoms with Crippen LogP contribution in [-0.4, -0.2) is 38.1 Å². The number of nitrogens with one attached hydrogen (secondary N) is 2. The van der Waals surface area contributed by atoms with Crippen molar-refractivity contribution in [2.24, 2.45) is 0 Å². The van der Waals surface area contributed by atoms with Gasteiger partial charge in [0.1, 0.15) is 11.3 Å². The van der Waals surface area contributed by atoms with Gasteiger partial charge in [0.15, 0.2) is 5.65 Å². The maximum Gasteiger partial charge on any atom is 0.343 e. The Morgan fingerprint density at radius 3 is 2.52 bits per heavy atom. The van der Waals surface area contributed by atoms with Crippen molar-refractivity contribution in [1.29, 1.82) is 0 Å². The van der Waals surface area contributed by atoms with E-state index in [2.05, 4.69) is 15.4 Å². The first-order chi connectivity index (χ1) is 13.0. The lowest BCUT2D eigenvalue weighted by molar-refractivity contribution is 0.0694. The highest BCUT2D eigenvalue weighted by molar-refractivity contribution is 5.93. The van der Waals surface area contributed by atoms with E-state index < -0.39 is 23.0 Å². The number of carbonyl (C=O) groups excluding carboxylic acids is 1. The van der Waals surface area contributed by atoms with Gasteiger partial charge in [0, 0.05) is 18.8 Å². The molecule has 1 aromatic carbocycles. The average molecular weight is 370 g/mol. The van der Waals surface area contributed by atoms with Gasteiger partial charge in [-0.15, -0.1) is 0 Å². The number of rotatable bonds is 5. The van der Waals surface area contributed by atoms with Gasteiger partial charge >= 0.3 is 5.97 Å². The number of carbonyl (C=O) groups is 2. The Labute approximate surface area is 155 Å². The summed E-state index contributed by atoms with van der Waals surface area (Å²) in [4.78, 5) is 39.0. The van der Waals surface area contributed by atoms with Crippen LogP contribution in [-0.2, 0) is 6.42 Å². The SMILES string of the molecule is CC.Cc1ccc(CCNC(=O)c2cc3ncc(C(=O)O)c(=O)n3[nH]2)cc1. The lowest BCUT2D eigenvalue weighted by Gasteiger charge is -2.04. The minimum absolute atomic E-state index is 0.135. The number of H-pyrrole nitrogens is 1. The molecule has 0 fully saturated rings. The zero-order valence-electron chi connectivity index (χ0n) is 15.4. The van der Waals surface area contributed by atoms with Crippen molar-refractivity contribution in [2.75, 3.05) is 6.54 Å². The van der Waals surface area contributed by atoms with Crippen LogP contribution in [0, 0.1) is 6.92 Å². The molecule has 0 spiro atoms. The van der Waals surface area contributed by atoms with E-state index in [1.165, 1.54) is 11.6 Å². The minimum atomic E-state index is -1.37. The van der Waals surface area contributed by atoms with Crippen molar-refractivity contribution in [3.63, 3.8) is 0 Å². The van der Waals surface area contributed by atoms with Crippen LogP contribution in [0.15, 0.2) is 41.3 Å². The van der Waals surface area contributed by atoms with Gasteiger partial charge in [0.2, 0.25) is 0 Å². The second-order valence-corrected chi connectivity index (χ2v) is 5.64. The molecule has 1 amide bonds. The number of carboxylic acid groups (broad SMARTS) is 1. The summed E-state index contributed by atoms with van der Waals surface area (Å²) in [7, 11) is 0. The monoisotopic (exact) mass is 370 g/mol. The summed E-state index contributed by atoms with van der Waals surface area (Å²) in [5, 5.41) is 14.3. The highest BCUT2D eigenvalue weighted by atomic mass is 16.4. The molecule has 2 heterocycles. The van der Waals surface area contributed by atoms with Gasteiger partial charge in [0.25, 0.3) is 11.5 Å². The van der Waals surface area contributed by atoms with Gasteiger partial charge in [-0.3, -0.25) is 14.7 Å². The molecule has 3 aromatic rings. The zero-order valence-corrected chi connectivity index (χ0v) is 15.4. The zero-order chi connectivity index (χ0) is 20.0. The predicted octanol–water partition coefficient (Wildman–Crippen LogP) is 2.03. The standard InChI is InChI=1S/C17H16N4O4.C2H6/c1-10-2-4-11(5-3-10)6-7-18-15(22)13-8-14-19-9-12(17(24)25)16(23)21(14)20-13;1-2/h2-5,8-9,20H,6-7H2,1H3,(H,18,22)(H,24,25);1-2H3. The van der Waals surface area contributed by atoms with Crippen LogP contribution in [0.1, 0.15) is 45.8 Å². The summed E-state index contributed by atoms with van der Waals surface area (Å²) in [6, 6.07) is 9.41. The molecule has 27 heavy (non-hydrogen) atoms. The lowest BCUT2D eigenvalue weighted by Crippen LogP contribution is -2.27. The Kier molecular flexibility index (Phi) is 6.48. The third-order valence-corrected chi connectivity index (χ3v) is 3.79. The summed E-state index contributed by atoms with van der Waals surface area (Å²) in [6.45, 7) is 6.44. The van der Waals surface area contributed by atoms with E-state index in [0.29, 0.717) is 13.0 Å². The van der Waals surface area contributed by atoms with E-state index in [4.69, 9.17) is 5.11 Å². The Morgan fingerprint density at radius 2 is 1.89 bits per heavy atom. The molecular weight excluding hydrogens is 348 g/mol. The molecule has 0 aliphatic heterocycles. The van der Waals surface area contributed by atoms with E-state index in [1.54, 1.807) is 0 Å². The number of hydrogen-bond donors (Lipinski definition) is 3. The Hall–Kier alpha value is -3.42. The molecule has 0 atom stereocenters. The molecule has 0 aliphatic carbocycles. The summed E-state index contributed by atoms with van der Waals surface area (Å²) < 4.78 is 0.943. The summed E-state index contributed by atoms with van der Waals surface area (Å²) in [5.74, 6) is -1.76. The largest absolute Gasteiger partial charge is 0.477 e.